The summed E-state index contributed by atoms with van der Waals surface area (Å²) in [6, 6.07) is 6.29. The summed E-state index contributed by atoms with van der Waals surface area (Å²) in [7, 11) is 0. The monoisotopic (exact) mass is 372 g/mol. The molecule has 1 heterocycles. The van der Waals surface area contributed by atoms with Crippen molar-refractivity contribution in [2.24, 2.45) is 0 Å². The molecular weight excluding hydrogens is 362 g/mol. The Bertz CT molecular complexity index is 790. The fourth-order valence-electron chi connectivity index (χ4n) is 2.50. The minimum absolute atomic E-state index is 0.0193. The summed E-state index contributed by atoms with van der Waals surface area (Å²) < 4.78 is 11.0. The molecule has 2 unspecified atom stereocenters. The van der Waals surface area contributed by atoms with Crippen molar-refractivity contribution in [3.8, 4) is 28.7 Å². The Morgan fingerprint density at radius 3 is 2.39 bits per heavy atom. The molecule has 4 N–H and O–H groups in total. The molecule has 0 aliphatic carbocycles. The summed E-state index contributed by atoms with van der Waals surface area (Å²) in [5.41, 5.74) is 0.342. The van der Waals surface area contributed by atoms with Crippen LogP contribution in [0.2, 0.25) is 0 Å². The first-order valence-corrected chi connectivity index (χ1v) is 7.55. The van der Waals surface area contributed by atoms with Gasteiger partial charge in [-0.1, -0.05) is 0 Å². The first-order chi connectivity index (χ1) is 10.9. The van der Waals surface area contributed by atoms with Gasteiger partial charge in [-0.15, -0.1) is 0 Å². The first-order valence-electron chi connectivity index (χ1n) is 6.56. The van der Waals surface area contributed by atoms with Crippen LogP contribution in [0.1, 0.15) is 22.0 Å². The predicted octanol–water partition coefficient (Wildman–Crippen LogP) is 1.29. The quantitative estimate of drug-likeness (QED) is 0.463. The van der Waals surface area contributed by atoms with Gasteiger partial charge in [0.2, 0.25) is 0 Å². The summed E-state index contributed by atoms with van der Waals surface area (Å²) in [6.45, 7) is 0. The van der Waals surface area contributed by atoms with Crippen LogP contribution >= 0.6 is 0 Å². The van der Waals surface area contributed by atoms with E-state index in [0.29, 0.717) is 5.56 Å². The Morgan fingerprint density at radius 2 is 1.74 bits per heavy atom. The molecule has 8 heteroatoms. The second-order valence-electron chi connectivity index (χ2n) is 5.05. The number of benzene rings is 2. The van der Waals surface area contributed by atoms with E-state index in [2.05, 4.69) is 0 Å². The van der Waals surface area contributed by atoms with Crippen LogP contribution in [-0.4, -0.2) is 51.3 Å². The minimum atomic E-state index is -1.03. The standard InChI is InChI=1S/C15H11O7.Ga/c16-7-4-10(19)12-11(5-7)22-15(14(21)13(12)20)6-1-2-8(17)9(18)3-6;/h1-5,14-19H;/q-1;+1. The molecule has 2 aromatic rings. The number of aromatic hydroxyl groups is 4. The average Bonchev–Trinajstić information content (AvgIpc) is 2.49. The second kappa shape index (κ2) is 5.72. The Hall–Kier alpha value is -2.29. The van der Waals surface area contributed by atoms with Gasteiger partial charge in [-0.05, 0) is 0 Å². The molecule has 116 valence electrons. The molecule has 0 amide bonds. The zero-order valence-electron chi connectivity index (χ0n) is 11.6. The van der Waals surface area contributed by atoms with E-state index < -0.39 is 23.7 Å². The molecule has 0 bridgehead atoms. The third-order valence-electron chi connectivity index (χ3n) is 3.57. The Morgan fingerprint density at radius 1 is 1.00 bits per heavy atom. The Kier molecular flexibility index (Phi) is 3.88. The Labute approximate surface area is 141 Å². The first kappa shape index (κ1) is 15.6. The molecule has 0 aromatic heterocycles. The summed E-state index contributed by atoms with van der Waals surface area (Å²) in [4.78, 5) is 12.6. The van der Waals surface area contributed by atoms with E-state index in [0.717, 1.165) is 25.0 Å². The predicted molar refractivity (Wildman–Crippen MR) is 77.9 cm³/mol. The number of ether oxygens (including phenoxy) is 1. The van der Waals surface area contributed by atoms with Crippen molar-refractivity contribution in [3.05, 3.63) is 41.5 Å². The van der Waals surface area contributed by atoms with Crippen molar-refractivity contribution < 1.29 is 33.5 Å². The van der Waals surface area contributed by atoms with Gasteiger partial charge in [-0.25, -0.2) is 0 Å². The maximum atomic E-state index is 12.6. The third kappa shape index (κ3) is 2.60. The molecule has 0 saturated heterocycles. The van der Waals surface area contributed by atoms with Gasteiger partial charge in [0.1, 0.15) is 0 Å². The van der Waals surface area contributed by atoms with E-state index in [1.807, 2.05) is 0 Å². The Balaban J connectivity index is 2.11. The topological polar surface area (TPSA) is 116 Å². The van der Waals surface area contributed by atoms with Crippen molar-refractivity contribution >= 4 is 24.7 Å². The van der Waals surface area contributed by atoms with Crippen molar-refractivity contribution in [2.45, 2.75) is 12.2 Å². The number of phenols is 4. The van der Waals surface area contributed by atoms with Crippen LogP contribution in [0.25, 0.3) is 0 Å². The van der Waals surface area contributed by atoms with Gasteiger partial charge in [0.25, 0.3) is 0 Å². The van der Waals surface area contributed by atoms with E-state index >= 15 is 0 Å². The number of phenolic OH excluding ortho intramolecular Hbond substituents is 4. The number of hydrogen-bond acceptors (Lipinski definition) is 7. The molecule has 3 rings (SSSR count). The fourth-order valence-corrected chi connectivity index (χ4v) is 3.06. The summed E-state index contributed by atoms with van der Waals surface area (Å²) in [5.74, 6) is -1.78. The van der Waals surface area contributed by atoms with Crippen LogP contribution in [0.5, 0.6) is 28.7 Å². The van der Waals surface area contributed by atoms with E-state index in [-0.39, 0.29) is 28.6 Å². The van der Waals surface area contributed by atoms with Gasteiger partial charge < -0.3 is 0 Å². The fraction of sp³-hybridized carbons (Fsp3) is 0.133. The normalized spacial score (nSPS) is 19.9. The van der Waals surface area contributed by atoms with Gasteiger partial charge in [-0.3, -0.25) is 0 Å². The van der Waals surface area contributed by atoms with Crippen LogP contribution in [0.4, 0.5) is 0 Å². The third-order valence-corrected chi connectivity index (χ3v) is 4.19. The maximum absolute atomic E-state index is 12.6. The van der Waals surface area contributed by atoms with Crippen molar-refractivity contribution in [1.29, 1.82) is 0 Å². The average molecular weight is 373 g/mol. The van der Waals surface area contributed by atoms with Crippen LogP contribution in [-0.2, 0) is 3.53 Å². The number of Topliss-reactive ketones (excluding diaryl/α,β-unsaturated/α-hetero) is 1. The molecule has 0 fully saturated rings. The number of hydrogen-bond donors (Lipinski definition) is 4. The summed E-state index contributed by atoms with van der Waals surface area (Å²) in [6.07, 6.45) is -1.92. The summed E-state index contributed by atoms with van der Waals surface area (Å²) >= 11 is 0.838. The molecule has 1 aliphatic rings. The van der Waals surface area contributed by atoms with E-state index in [1.54, 1.807) is 0 Å². The number of carbonyl (C=O) groups is 1. The zero-order valence-corrected chi connectivity index (χ0v) is 14.1. The van der Waals surface area contributed by atoms with Crippen LogP contribution in [0.3, 0.4) is 0 Å². The number of fused-ring (bicyclic) bond motifs is 1. The molecule has 2 atom stereocenters. The number of ketones is 1. The van der Waals surface area contributed by atoms with Crippen LogP contribution in [0.15, 0.2) is 30.3 Å². The molecule has 7 nitrogen and oxygen atoms in total. The molecule has 23 heavy (non-hydrogen) atoms. The van der Waals surface area contributed by atoms with Crippen molar-refractivity contribution in [2.75, 3.05) is 0 Å². The van der Waals surface area contributed by atoms with Crippen LogP contribution in [0, 0.1) is 0 Å². The molecule has 2 aromatic carbocycles. The van der Waals surface area contributed by atoms with Crippen LogP contribution < -0.4 is 4.74 Å². The summed E-state index contributed by atoms with van der Waals surface area (Å²) in [5, 5.41) is 38.5. The molecule has 0 saturated carbocycles. The van der Waals surface area contributed by atoms with E-state index in [9.17, 15) is 25.2 Å². The molecular formula is C15H11GaO7. The molecule has 0 spiro atoms. The van der Waals surface area contributed by atoms with Crippen molar-refractivity contribution in [1.82, 2.24) is 0 Å². The van der Waals surface area contributed by atoms with Gasteiger partial charge in [-0.2, -0.15) is 0 Å². The molecule has 1 aliphatic heterocycles. The number of carbonyl (C=O) groups excluding carboxylic acids is 1. The second-order valence-corrected chi connectivity index (χ2v) is 5.62. The zero-order chi connectivity index (χ0) is 16.7. The van der Waals surface area contributed by atoms with Gasteiger partial charge in [0, 0.05) is 0 Å². The SMILES string of the molecule is O=C1c2c(O)cc(O)cc2OC(c2ccc(O)c(O)c2)C1[O][Ga]. The van der Waals surface area contributed by atoms with E-state index in [1.165, 1.54) is 24.3 Å². The number of rotatable bonds is 2. The van der Waals surface area contributed by atoms with Gasteiger partial charge in [0.15, 0.2) is 0 Å². The van der Waals surface area contributed by atoms with E-state index in [4.69, 9.17) is 8.27 Å². The molecule has 2 radical (unpaired) electrons. The van der Waals surface area contributed by atoms with Crippen molar-refractivity contribution in [3.63, 3.8) is 0 Å². The van der Waals surface area contributed by atoms with Gasteiger partial charge in [0.05, 0.1) is 0 Å². The van der Waals surface area contributed by atoms with Gasteiger partial charge >= 0.3 is 141 Å².